The molecule has 0 saturated carbocycles. The molecule has 0 aliphatic carbocycles. The lowest BCUT2D eigenvalue weighted by Crippen LogP contribution is -2.30. The van der Waals surface area contributed by atoms with Gasteiger partial charge in [0.15, 0.2) is 0 Å². The molecule has 0 fully saturated rings. The smallest absolute Gasteiger partial charge is 0.272 e. The average Bonchev–Trinajstić information content (AvgIpc) is 2.96. The molecule has 208 valence electrons. The Morgan fingerprint density at radius 3 is 2.20 bits per heavy atom. The van der Waals surface area contributed by atoms with E-state index >= 15 is 0 Å². The molecule has 3 N–H and O–H groups in total. The third-order valence-electron chi connectivity index (χ3n) is 5.50. The van der Waals surface area contributed by atoms with Gasteiger partial charge in [-0.2, -0.15) is 0 Å². The highest BCUT2D eigenvalue weighted by Gasteiger charge is 2.17. The van der Waals surface area contributed by atoms with Crippen LogP contribution in [-0.2, 0) is 9.59 Å². The van der Waals surface area contributed by atoms with Gasteiger partial charge >= 0.3 is 0 Å². The molecule has 0 heterocycles. The van der Waals surface area contributed by atoms with Crippen LogP contribution >= 0.6 is 50.9 Å². The van der Waals surface area contributed by atoms with Crippen molar-refractivity contribution < 1.29 is 18.8 Å². The Labute approximate surface area is 258 Å². The molecule has 0 unspecified atom stereocenters. The minimum absolute atomic E-state index is 0.0538. The molecule has 4 rings (SSSR count). The van der Waals surface area contributed by atoms with E-state index < -0.39 is 17.6 Å². The van der Waals surface area contributed by atoms with E-state index in [1.165, 1.54) is 30.0 Å². The Morgan fingerprint density at radius 1 is 0.854 bits per heavy atom. The lowest BCUT2D eigenvalue weighted by atomic mass is 10.1. The molecule has 0 aliphatic rings. The predicted octanol–water partition coefficient (Wildman–Crippen LogP) is 8.04. The van der Waals surface area contributed by atoms with Crippen molar-refractivity contribution in [3.05, 3.63) is 128 Å². The van der Waals surface area contributed by atoms with Crippen LogP contribution in [0.25, 0.3) is 6.08 Å². The summed E-state index contributed by atoms with van der Waals surface area (Å²) in [6.45, 7) is 0. The fraction of sp³-hybridized carbons (Fsp3) is 0.0333. The van der Waals surface area contributed by atoms with Gasteiger partial charge in [0.25, 0.3) is 11.8 Å². The lowest BCUT2D eigenvalue weighted by molar-refractivity contribution is -0.114. The summed E-state index contributed by atoms with van der Waals surface area (Å²) in [5.41, 5.74) is 1.22. The van der Waals surface area contributed by atoms with Crippen molar-refractivity contribution in [2.75, 3.05) is 16.4 Å². The van der Waals surface area contributed by atoms with Gasteiger partial charge in [0.05, 0.1) is 11.4 Å². The zero-order valence-corrected chi connectivity index (χ0v) is 25.0. The van der Waals surface area contributed by atoms with Gasteiger partial charge < -0.3 is 16.0 Å². The van der Waals surface area contributed by atoms with E-state index in [2.05, 4.69) is 31.9 Å². The highest BCUT2D eigenvalue weighted by atomic mass is 79.9. The van der Waals surface area contributed by atoms with Crippen LogP contribution in [0.2, 0.25) is 10.0 Å². The van der Waals surface area contributed by atoms with Gasteiger partial charge in [0, 0.05) is 36.2 Å². The predicted molar refractivity (Wildman–Crippen MR) is 167 cm³/mol. The van der Waals surface area contributed by atoms with Crippen molar-refractivity contribution in [2.45, 2.75) is 4.90 Å². The SMILES string of the molecule is O=C(CSc1ccc(NC(=O)/C(=C/c2c(Cl)cccc2Cl)NC(=O)c2ccccc2)cc1)Nc1ccc(Br)cc1F. The Morgan fingerprint density at radius 2 is 1.54 bits per heavy atom. The van der Waals surface area contributed by atoms with E-state index in [-0.39, 0.29) is 23.0 Å². The van der Waals surface area contributed by atoms with Crippen molar-refractivity contribution in [3.8, 4) is 0 Å². The third-order valence-corrected chi connectivity index (χ3v) is 7.67. The summed E-state index contributed by atoms with van der Waals surface area (Å²) >= 11 is 17.0. The van der Waals surface area contributed by atoms with Crippen molar-refractivity contribution in [3.63, 3.8) is 0 Å². The first-order valence-corrected chi connectivity index (χ1v) is 14.5. The standard InChI is InChI=1S/C30H21BrCl2FN3O3S/c31-19-9-14-26(25(34)15-19)36-28(38)17-41-21-12-10-20(11-13-21)35-30(40)27(16-22-23(32)7-4-8-24(22)33)37-29(39)18-5-2-1-3-6-18/h1-16H,17H2,(H,35,40)(H,36,38)(H,37,39)/b27-16-. The zero-order valence-electron chi connectivity index (χ0n) is 21.1. The molecule has 0 bridgehead atoms. The van der Waals surface area contributed by atoms with Gasteiger partial charge in [-0.15, -0.1) is 11.8 Å². The topological polar surface area (TPSA) is 87.3 Å². The minimum Gasteiger partial charge on any atom is -0.323 e. The normalized spacial score (nSPS) is 11.1. The molecular formula is C30H21BrCl2FN3O3S. The molecule has 0 spiro atoms. The van der Waals surface area contributed by atoms with Crippen LogP contribution in [0.1, 0.15) is 15.9 Å². The molecule has 0 saturated heterocycles. The number of carbonyl (C=O) groups is 3. The number of carbonyl (C=O) groups excluding carboxylic acids is 3. The Bertz CT molecular complexity index is 1600. The first kappa shape index (κ1) is 30.3. The van der Waals surface area contributed by atoms with E-state index in [9.17, 15) is 18.8 Å². The molecular weight excluding hydrogens is 652 g/mol. The first-order valence-electron chi connectivity index (χ1n) is 12.0. The molecule has 0 aliphatic heterocycles. The van der Waals surface area contributed by atoms with Gasteiger partial charge in [0.2, 0.25) is 5.91 Å². The molecule has 6 nitrogen and oxygen atoms in total. The number of hydrogen-bond donors (Lipinski definition) is 3. The lowest BCUT2D eigenvalue weighted by Gasteiger charge is -2.13. The monoisotopic (exact) mass is 671 g/mol. The van der Waals surface area contributed by atoms with Crippen molar-refractivity contribution >= 4 is 86.1 Å². The zero-order chi connectivity index (χ0) is 29.4. The number of hydrogen-bond acceptors (Lipinski definition) is 4. The maximum Gasteiger partial charge on any atom is 0.272 e. The molecule has 0 radical (unpaired) electrons. The number of anilines is 2. The Balaban J connectivity index is 1.43. The molecule has 11 heteroatoms. The number of benzene rings is 4. The summed E-state index contributed by atoms with van der Waals surface area (Å²) in [5, 5.41) is 8.55. The van der Waals surface area contributed by atoms with E-state index in [1.807, 2.05) is 0 Å². The van der Waals surface area contributed by atoms with Crippen LogP contribution in [0.5, 0.6) is 0 Å². The first-order chi connectivity index (χ1) is 19.7. The molecule has 0 atom stereocenters. The van der Waals surface area contributed by atoms with Gasteiger partial charge in [-0.3, -0.25) is 14.4 Å². The van der Waals surface area contributed by atoms with Crippen LogP contribution in [-0.4, -0.2) is 23.5 Å². The summed E-state index contributed by atoms with van der Waals surface area (Å²) in [7, 11) is 0. The number of thioether (sulfide) groups is 1. The second-order valence-electron chi connectivity index (χ2n) is 8.45. The number of nitrogens with one attached hydrogen (secondary N) is 3. The second-order valence-corrected chi connectivity index (χ2v) is 11.2. The molecule has 41 heavy (non-hydrogen) atoms. The number of amides is 3. The Kier molecular flexibility index (Phi) is 10.6. The van der Waals surface area contributed by atoms with Crippen molar-refractivity contribution in [1.82, 2.24) is 5.32 Å². The molecule has 3 amide bonds. The fourth-order valence-electron chi connectivity index (χ4n) is 3.49. The average molecular weight is 673 g/mol. The second kappa shape index (κ2) is 14.3. The van der Waals surface area contributed by atoms with E-state index in [0.29, 0.717) is 31.3 Å². The van der Waals surface area contributed by atoms with Crippen LogP contribution < -0.4 is 16.0 Å². The van der Waals surface area contributed by atoms with Crippen molar-refractivity contribution in [1.29, 1.82) is 0 Å². The third kappa shape index (κ3) is 8.68. The van der Waals surface area contributed by atoms with Crippen LogP contribution in [0.3, 0.4) is 0 Å². The maximum atomic E-state index is 14.0. The fourth-order valence-corrected chi connectivity index (χ4v) is 5.03. The van der Waals surface area contributed by atoms with Crippen LogP contribution in [0, 0.1) is 5.82 Å². The van der Waals surface area contributed by atoms with Crippen LogP contribution in [0.4, 0.5) is 15.8 Å². The van der Waals surface area contributed by atoms with E-state index in [1.54, 1.807) is 78.9 Å². The maximum absolute atomic E-state index is 14.0. The highest BCUT2D eigenvalue weighted by molar-refractivity contribution is 9.10. The van der Waals surface area contributed by atoms with Gasteiger partial charge in [-0.05, 0) is 72.8 Å². The number of rotatable bonds is 9. The minimum atomic E-state index is -0.596. The highest BCUT2D eigenvalue weighted by Crippen LogP contribution is 2.27. The summed E-state index contributed by atoms with van der Waals surface area (Å²) in [6.07, 6.45) is 1.41. The summed E-state index contributed by atoms with van der Waals surface area (Å²) in [4.78, 5) is 39.1. The Hall–Kier alpha value is -3.63. The van der Waals surface area contributed by atoms with Gasteiger partial charge in [-0.1, -0.05) is 63.4 Å². The summed E-state index contributed by atoms with van der Waals surface area (Å²) in [6, 6.07) is 24.5. The largest absolute Gasteiger partial charge is 0.323 e. The quantitative estimate of drug-likeness (QED) is 0.124. The van der Waals surface area contributed by atoms with Gasteiger partial charge in [0.1, 0.15) is 11.5 Å². The van der Waals surface area contributed by atoms with Gasteiger partial charge in [-0.25, -0.2) is 4.39 Å². The van der Waals surface area contributed by atoms with E-state index in [0.717, 1.165) is 4.90 Å². The molecule has 4 aromatic rings. The number of halogens is 4. The molecule has 0 aromatic heterocycles. The van der Waals surface area contributed by atoms with Crippen molar-refractivity contribution in [2.24, 2.45) is 0 Å². The van der Waals surface area contributed by atoms with Crippen LogP contribution in [0.15, 0.2) is 106 Å². The summed E-state index contributed by atoms with van der Waals surface area (Å²) < 4.78 is 14.5. The van der Waals surface area contributed by atoms with E-state index in [4.69, 9.17) is 23.2 Å². The summed E-state index contributed by atoms with van der Waals surface area (Å²) in [5.74, 6) is -1.93. The molecule has 4 aromatic carbocycles.